The van der Waals surface area contributed by atoms with Gasteiger partial charge in [0.1, 0.15) is 24.7 Å². The van der Waals surface area contributed by atoms with E-state index in [1.54, 1.807) is 0 Å². The zero-order valence-electron chi connectivity index (χ0n) is 48.3. The highest BCUT2D eigenvalue weighted by molar-refractivity contribution is 5.96. The standard InChI is InChI=1S/C52H94N16O15/c1-56-38(22-19-27-60-52(54)55)49(79)63-40(32-45(72)73)51(81)62-39(21-16-18-25-57-43(70)33-68(34-46(74)75)35-47(76)77)50(80)61-37(48(53)78)20-15-17-26-58-44(71)36-83-31-30-82-29-28-59-42(69)24-14-12-10-8-6-4-2-3-5-7-9-11-13-23-41-64-66-67-65-41/h37-40,56H,2-36H2,1H3,(H2,53,78)(H,57,70)(H,58,71)(H,59,69)(H,61,80)(H,62,81)(H,63,79)(H,72,73)(H,74,75)(H,76,77)(H4,54,55,60)(H,64,65,66,67)/t37-,38-,39-,40-/m0/s1. The van der Waals surface area contributed by atoms with Crippen molar-refractivity contribution in [1.82, 2.24) is 62.7 Å². The molecular weight excluding hydrogens is 1090 g/mol. The lowest BCUT2D eigenvalue weighted by Crippen LogP contribution is -2.58. The van der Waals surface area contributed by atoms with Crippen LogP contribution in [0.15, 0.2) is 4.99 Å². The number of unbranched alkanes of at least 4 members (excludes halogenated alkanes) is 14. The Kier molecular flexibility index (Phi) is 42.2. The second kappa shape index (κ2) is 47.4. The first-order valence-electron chi connectivity index (χ1n) is 28.8. The molecule has 0 aliphatic heterocycles. The molecule has 0 spiro atoms. The lowest BCUT2D eigenvalue weighted by molar-refractivity contribution is -0.143. The van der Waals surface area contributed by atoms with Gasteiger partial charge >= 0.3 is 17.9 Å². The number of guanidine groups is 1. The number of carboxylic acids is 3. The number of ether oxygens (including phenoxy) is 2. The summed E-state index contributed by atoms with van der Waals surface area (Å²) in [6.07, 6.45) is 17.2. The van der Waals surface area contributed by atoms with Crippen LogP contribution in [0.1, 0.15) is 154 Å². The van der Waals surface area contributed by atoms with Crippen LogP contribution in [-0.2, 0) is 63.8 Å². The summed E-state index contributed by atoms with van der Waals surface area (Å²) in [6, 6.07) is -5.22. The molecule has 0 radical (unpaired) electrons. The number of nitrogens with one attached hydrogen (secondary N) is 8. The van der Waals surface area contributed by atoms with E-state index in [-0.39, 0.29) is 83.4 Å². The van der Waals surface area contributed by atoms with Gasteiger partial charge in [-0.15, -0.1) is 10.2 Å². The third-order valence-corrected chi connectivity index (χ3v) is 12.9. The van der Waals surface area contributed by atoms with E-state index in [9.17, 15) is 53.1 Å². The molecule has 0 aliphatic rings. The number of H-pyrrole nitrogens is 1. The fourth-order valence-corrected chi connectivity index (χ4v) is 8.47. The van der Waals surface area contributed by atoms with Gasteiger partial charge in [-0.3, -0.25) is 57.8 Å². The number of aromatic nitrogens is 4. The van der Waals surface area contributed by atoms with Crippen LogP contribution in [0, 0.1) is 0 Å². The van der Waals surface area contributed by atoms with Crippen molar-refractivity contribution in [2.24, 2.45) is 22.2 Å². The molecule has 0 unspecified atom stereocenters. The van der Waals surface area contributed by atoms with Gasteiger partial charge in [0.25, 0.3) is 0 Å². The normalized spacial score (nSPS) is 12.5. The van der Waals surface area contributed by atoms with Crippen molar-refractivity contribution in [3.05, 3.63) is 5.82 Å². The first-order chi connectivity index (χ1) is 39.8. The van der Waals surface area contributed by atoms with Crippen LogP contribution in [-0.4, -0.2) is 210 Å². The molecule has 17 N–H and O–H groups in total. The Morgan fingerprint density at radius 2 is 1.05 bits per heavy atom. The number of nitrogens with zero attached hydrogens (tertiary/aromatic N) is 5. The van der Waals surface area contributed by atoms with E-state index >= 15 is 0 Å². The zero-order valence-corrected chi connectivity index (χ0v) is 48.3. The average Bonchev–Trinajstić information content (AvgIpc) is 4.01. The first-order valence-corrected chi connectivity index (χ1v) is 28.8. The van der Waals surface area contributed by atoms with Crippen molar-refractivity contribution in [2.45, 2.75) is 178 Å². The van der Waals surface area contributed by atoms with Crippen molar-refractivity contribution in [2.75, 3.05) is 79.3 Å². The fraction of sp³-hybridized carbons (Fsp3) is 0.769. The van der Waals surface area contributed by atoms with Gasteiger partial charge in [0, 0.05) is 39.0 Å². The van der Waals surface area contributed by atoms with Crippen LogP contribution < -0.4 is 54.4 Å². The Labute approximate surface area is 485 Å². The molecular formula is C52H94N16O15. The van der Waals surface area contributed by atoms with Gasteiger partial charge < -0.3 is 79.2 Å². The van der Waals surface area contributed by atoms with Crippen LogP contribution in [0.4, 0.5) is 0 Å². The topological polar surface area (TPSA) is 482 Å². The molecule has 1 aromatic heterocycles. The summed E-state index contributed by atoms with van der Waals surface area (Å²) >= 11 is 0. The highest BCUT2D eigenvalue weighted by Crippen LogP contribution is 2.14. The molecule has 31 nitrogen and oxygen atoms in total. The summed E-state index contributed by atoms with van der Waals surface area (Å²) in [5.41, 5.74) is 16.3. The van der Waals surface area contributed by atoms with Crippen LogP contribution in [0.5, 0.6) is 0 Å². The maximum atomic E-state index is 13.8. The van der Waals surface area contributed by atoms with Crippen molar-refractivity contribution >= 4 is 65.2 Å². The Bertz CT molecular complexity index is 2070. The zero-order chi connectivity index (χ0) is 61.5. The molecule has 472 valence electrons. The summed E-state index contributed by atoms with van der Waals surface area (Å²) in [5, 5.41) is 60.0. The number of aromatic amines is 1. The number of aryl methyl sites for hydroxylation is 1. The number of aliphatic imine (C=N–C) groups is 1. The minimum absolute atomic E-state index is 0.0130. The molecule has 1 heterocycles. The minimum atomic E-state index is -1.66. The minimum Gasteiger partial charge on any atom is -0.481 e. The van der Waals surface area contributed by atoms with Gasteiger partial charge in [0.05, 0.1) is 51.9 Å². The predicted octanol–water partition coefficient (Wildman–Crippen LogP) is -1.55. The molecule has 0 aromatic carbocycles. The fourth-order valence-electron chi connectivity index (χ4n) is 8.47. The van der Waals surface area contributed by atoms with E-state index in [0.29, 0.717) is 38.8 Å². The van der Waals surface area contributed by atoms with Gasteiger partial charge in [-0.05, 0) is 71.3 Å². The molecule has 1 aromatic rings. The maximum absolute atomic E-state index is 13.8. The molecule has 0 fully saturated rings. The number of nitrogens with two attached hydrogens (primary N) is 3. The molecule has 0 bridgehead atoms. The third-order valence-electron chi connectivity index (χ3n) is 12.9. The number of amides is 7. The highest BCUT2D eigenvalue weighted by Gasteiger charge is 2.31. The summed E-state index contributed by atoms with van der Waals surface area (Å²) in [7, 11) is 1.48. The molecule has 0 saturated carbocycles. The van der Waals surface area contributed by atoms with E-state index in [0.717, 1.165) is 42.8 Å². The van der Waals surface area contributed by atoms with Crippen molar-refractivity contribution in [3.8, 4) is 0 Å². The number of carbonyl (C=O) groups excluding carboxylic acids is 7. The summed E-state index contributed by atoms with van der Waals surface area (Å²) in [4.78, 5) is 129. The predicted molar refractivity (Wildman–Crippen MR) is 303 cm³/mol. The Morgan fingerprint density at radius 1 is 0.542 bits per heavy atom. The largest absolute Gasteiger partial charge is 0.481 e. The number of aliphatic carboxylic acids is 3. The van der Waals surface area contributed by atoms with Crippen molar-refractivity contribution in [3.63, 3.8) is 0 Å². The second-order valence-corrected chi connectivity index (χ2v) is 20.0. The van der Waals surface area contributed by atoms with E-state index in [1.165, 1.54) is 64.8 Å². The van der Waals surface area contributed by atoms with Crippen LogP contribution in [0.2, 0.25) is 0 Å². The molecule has 0 saturated heterocycles. The smallest absolute Gasteiger partial charge is 0.317 e. The van der Waals surface area contributed by atoms with E-state index in [1.807, 2.05) is 0 Å². The average molecular weight is 1180 g/mol. The maximum Gasteiger partial charge on any atom is 0.317 e. The number of carbonyl (C=O) groups is 10. The van der Waals surface area contributed by atoms with Gasteiger partial charge in [0.15, 0.2) is 11.8 Å². The molecule has 0 aliphatic carbocycles. The number of likely N-dealkylation sites (N-methyl/N-ethyl adjacent to an activating group) is 1. The van der Waals surface area contributed by atoms with Gasteiger partial charge in [-0.1, -0.05) is 75.8 Å². The lowest BCUT2D eigenvalue weighted by Gasteiger charge is -2.25. The SMILES string of the molecule is CN[C@@H](CCCN=C(N)N)C(=O)N[C@@H](CC(=O)O)C(=O)N[C@@H](CCCCNC(=O)CN(CC(=O)O)CC(=O)O)C(=O)N[C@@H](CCCCNC(=O)COCCOCCNC(=O)CCCCCCCCCCCCCCCc1nn[nH]n1)C(N)=O. The highest BCUT2D eigenvalue weighted by atomic mass is 16.5. The Balaban J connectivity index is 2.50. The van der Waals surface area contributed by atoms with Crippen molar-refractivity contribution < 1.29 is 72.7 Å². The van der Waals surface area contributed by atoms with Crippen LogP contribution in [0.3, 0.4) is 0 Å². The molecule has 7 amide bonds. The number of hydrogen-bond donors (Lipinski definition) is 14. The van der Waals surface area contributed by atoms with Gasteiger partial charge in [-0.25, -0.2) is 0 Å². The van der Waals surface area contributed by atoms with Gasteiger partial charge in [-0.2, -0.15) is 5.21 Å². The Morgan fingerprint density at radius 3 is 1.60 bits per heavy atom. The van der Waals surface area contributed by atoms with Crippen molar-refractivity contribution in [1.29, 1.82) is 0 Å². The van der Waals surface area contributed by atoms with Gasteiger partial charge in [0.2, 0.25) is 41.4 Å². The number of tetrazole rings is 1. The number of primary amides is 1. The van der Waals surface area contributed by atoms with Crippen LogP contribution >= 0.6 is 0 Å². The summed E-state index contributed by atoms with van der Waals surface area (Å²) < 4.78 is 10.9. The van der Waals surface area contributed by atoms with E-state index in [4.69, 9.17) is 36.9 Å². The summed E-state index contributed by atoms with van der Waals surface area (Å²) in [5.74, 6) is -8.14. The van der Waals surface area contributed by atoms with E-state index < -0.39 is 104 Å². The number of hydrogen-bond acceptors (Lipinski definition) is 18. The first kappa shape index (κ1) is 73.9. The molecule has 1 rings (SSSR count). The lowest BCUT2D eigenvalue weighted by atomic mass is 10.0. The van der Waals surface area contributed by atoms with Crippen LogP contribution in [0.25, 0.3) is 0 Å². The number of rotatable bonds is 54. The molecule has 31 heteroatoms. The number of carboxylic acid groups (broad SMARTS) is 3. The quantitative estimate of drug-likeness (QED) is 0.0200. The molecule has 83 heavy (non-hydrogen) atoms. The summed E-state index contributed by atoms with van der Waals surface area (Å²) in [6.45, 7) is -0.796. The monoisotopic (exact) mass is 1180 g/mol. The third kappa shape index (κ3) is 41.5. The Hall–Kier alpha value is -7.12. The van der Waals surface area contributed by atoms with E-state index in [2.05, 4.69) is 62.8 Å². The molecule has 4 atom stereocenters. The second-order valence-electron chi connectivity index (χ2n) is 20.0.